The summed E-state index contributed by atoms with van der Waals surface area (Å²) in [7, 11) is 0. The number of esters is 1. The first-order valence-corrected chi connectivity index (χ1v) is 12.6. The Balaban J connectivity index is 1.18. The normalized spacial score (nSPS) is 12.2. The number of para-hydroxylation sites is 1. The van der Waals surface area contributed by atoms with Gasteiger partial charge in [-0.15, -0.1) is 0 Å². The molecule has 0 spiro atoms. The SMILES string of the molecule is CCn1c2ccccc2c2cc(NC(=O)C(C)OC(=O)c3ccc4nc(-c5ccccc5)[nH]c4c3)ccc21. The Bertz CT molecular complexity index is 1820. The van der Waals surface area contributed by atoms with Crippen molar-refractivity contribution in [3.63, 3.8) is 0 Å². The molecule has 7 nitrogen and oxygen atoms in total. The molecule has 7 heteroatoms. The first-order chi connectivity index (χ1) is 18.5. The number of hydrogen-bond acceptors (Lipinski definition) is 4. The summed E-state index contributed by atoms with van der Waals surface area (Å²) in [4.78, 5) is 33.6. The van der Waals surface area contributed by atoms with Gasteiger partial charge in [-0.3, -0.25) is 4.79 Å². The van der Waals surface area contributed by atoms with Gasteiger partial charge in [-0.25, -0.2) is 9.78 Å². The number of rotatable bonds is 6. The first kappa shape index (κ1) is 23.5. The minimum absolute atomic E-state index is 0.342. The molecule has 188 valence electrons. The number of anilines is 1. The molecule has 2 heterocycles. The molecule has 0 fully saturated rings. The fraction of sp³-hybridized carbons (Fsp3) is 0.129. The Kier molecular flexibility index (Phi) is 5.88. The molecule has 0 aliphatic heterocycles. The maximum absolute atomic E-state index is 12.9. The van der Waals surface area contributed by atoms with Crippen LogP contribution in [0.1, 0.15) is 24.2 Å². The van der Waals surface area contributed by atoms with Gasteiger partial charge in [0, 0.05) is 39.6 Å². The van der Waals surface area contributed by atoms with Crippen LogP contribution in [0.15, 0.2) is 91.0 Å². The van der Waals surface area contributed by atoms with Crippen molar-refractivity contribution >= 4 is 50.4 Å². The molecular formula is C31H26N4O3. The molecule has 0 bridgehead atoms. The molecule has 0 saturated carbocycles. The molecule has 0 aliphatic carbocycles. The van der Waals surface area contributed by atoms with Crippen molar-refractivity contribution < 1.29 is 14.3 Å². The van der Waals surface area contributed by atoms with Crippen molar-refractivity contribution in [3.8, 4) is 11.4 Å². The number of nitrogens with zero attached hydrogens (tertiary/aromatic N) is 2. The molecule has 1 atom stereocenters. The number of aromatic amines is 1. The predicted molar refractivity (Wildman–Crippen MR) is 150 cm³/mol. The summed E-state index contributed by atoms with van der Waals surface area (Å²) in [5, 5.41) is 5.08. The Hall–Kier alpha value is -4.91. The predicted octanol–water partition coefficient (Wildman–Crippen LogP) is 6.54. The number of ether oxygens (including phenoxy) is 1. The second-order valence-electron chi connectivity index (χ2n) is 9.21. The molecular weight excluding hydrogens is 476 g/mol. The fourth-order valence-electron chi connectivity index (χ4n) is 4.87. The molecule has 1 amide bonds. The number of carbonyl (C=O) groups is 2. The average molecular weight is 503 g/mol. The number of aromatic nitrogens is 3. The molecule has 6 rings (SSSR count). The summed E-state index contributed by atoms with van der Waals surface area (Å²) in [5.74, 6) is -0.254. The van der Waals surface area contributed by atoms with Gasteiger partial charge in [0.15, 0.2) is 6.10 Å². The third-order valence-corrected chi connectivity index (χ3v) is 6.77. The largest absolute Gasteiger partial charge is 0.449 e. The van der Waals surface area contributed by atoms with Gasteiger partial charge in [-0.2, -0.15) is 0 Å². The van der Waals surface area contributed by atoms with E-state index in [1.54, 1.807) is 25.1 Å². The summed E-state index contributed by atoms with van der Waals surface area (Å²) < 4.78 is 7.75. The van der Waals surface area contributed by atoms with E-state index in [4.69, 9.17) is 4.74 Å². The van der Waals surface area contributed by atoms with Crippen molar-refractivity contribution in [3.05, 3.63) is 96.6 Å². The molecule has 38 heavy (non-hydrogen) atoms. The molecule has 2 aromatic heterocycles. The van der Waals surface area contributed by atoms with Crippen LogP contribution in [0.3, 0.4) is 0 Å². The van der Waals surface area contributed by atoms with Crippen LogP contribution >= 0.6 is 0 Å². The summed E-state index contributed by atoms with van der Waals surface area (Å²) >= 11 is 0. The number of benzene rings is 4. The van der Waals surface area contributed by atoms with E-state index in [1.165, 1.54) is 0 Å². The zero-order chi connectivity index (χ0) is 26.2. The second kappa shape index (κ2) is 9.52. The highest BCUT2D eigenvalue weighted by Gasteiger charge is 2.20. The second-order valence-corrected chi connectivity index (χ2v) is 9.21. The van der Waals surface area contributed by atoms with Gasteiger partial charge in [0.25, 0.3) is 5.91 Å². The van der Waals surface area contributed by atoms with Crippen molar-refractivity contribution in [2.24, 2.45) is 0 Å². The van der Waals surface area contributed by atoms with Crippen molar-refractivity contribution in [2.75, 3.05) is 5.32 Å². The van der Waals surface area contributed by atoms with Crippen LogP contribution in [0.2, 0.25) is 0 Å². The number of fused-ring (bicyclic) bond motifs is 4. The van der Waals surface area contributed by atoms with E-state index < -0.39 is 18.0 Å². The Morgan fingerprint density at radius 3 is 2.50 bits per heavy atom. The minimum atomic E-state index is -0.979. The topological polar surface area (TPSA) is 89.0 Å². The van der Waals surface area contributed by atoms with Crippen LogP contribution in [-0.4, -0.2) is 32.5 Å². The zero-order valence-corrected chi connectivity index (χ0v) is 21.1. The summed E-state index contributed by atoms with van der Waals surface area (Å²) in [6.45, 7) is 4.53. The summed E-state index contributed by atoms with van der Waals surface area (Å²) in [6, 6.07) is 28.9. The van der Waals surface area contributed by atoms with Crippen LogP contribution in [0.5, 0.6) is 0 Å². The molecule has 2 N–H and O–H groups in total. The quantitative estimate of drug-likeness (QED) is 0.253. The van der Waals surface area contributed by atoms with Crippen LogP contribution in [0, 0.1) is 0 Å². The summed E-state index contributed by atoms with van der Waals surface area (Å²) in [5.41, 5.74) is 5.67. The number of aryl methyl sites for hydroxylation is 1. The molecule has 1 unspecified atom stereocenters. The zero-order valence-electron chi connectivity index (χ0n) is 21.1. The molecule has 6 aromatic rings. The van der Waals surface area contributed by atoms with E-state index in [0.29, 0.717) is 11.3 Å². The first-order valence-electron chi connectivity index (χ1n) is 12.6. The van der Waals surface area contributed by atoms with Crippen molar-refractivity contribution in [2.45, 2.75) is 26.5 Å². The number of imidazole rings is 1. The van der Waals surface area contributed by atoms with Crippen LogP contribution in [0.4, 0.5) is 5.69 Å². The third-order valence-electron chi connectivity index (χ3n) is 6.77. The van der Waals surface area contributed by atoms with Crippen molar-refractivity contribution in [1.29, 1.82) is 0 Å². The lowest BCUT2D eigenvalue weighted by Gasteiger charge is -2.14. The maximum Gasteiger partial charge on any atom is 0.338 e. The smallest absolute Gasteiger partial charge is 0.338 e. The van der Waals surface area contributed by atoms with Crippen LogP contribution in [-0.2, 0) is 16.1 Å². The van der Waals surface area contributed by atoms with E-state index >= 15 is 0 Å². The van der Waals surface area contributed by atoms with Gasteiger partial charge in [0.2, 0.25) is 0 Å². The Morgan fingerprint density at radius 2 is 1.68 bits per heavy atom. The van der Waals surface area contributed by atoms with Gasteiger partial charge in [0.05, 0.1) is 16.6 Å². The number of hydrogen-bond donors (Lipinski definition) is 2. The van der Waals surface area contributed by atoms with Gasteiger partial charge in [0.1, 0.15) is 5.82 Å². The highest BCUT2D eigenvalue weighted by molar-refractivity contribution is 6.10. The minimum Gasteiger partial charge on any atom is -0.449 e. The lowest BCUT2D eigenvalue weighted by molar-refractivity contribution is -0.123. The van der Waals surface area contributed by atoms with E-state index in [2.05, 4.69) is 38.9 Å². The standard InChI is InChI=1S/C31H26N4O3/c1-3-35-27-12-8-7-11-23(27)24-18-22(14-16-28(24)35)32-30(36)19(2)38-31(37)21-13-15-25-26(17-21)34-29(33-25)20-9-5-4-6-10-20/h4-19H,3H2,1-2H3,(H,32,36)(H,33,34). The van der Waals surface area contributed by atoms with Gasteiger partial charge in [-0.05, 0) is 56.3 Å². The molecule has 0 aliphatic rings. The molecule has 0 radical (unpaired) electrons. The van der Waals surface area contributed by atoms with Crippen molar-refractivity contribution in [1.82, 2.24) is 14.5 Å². The average Bonchev–Trinajstić information content (AvgIpc) is 3.52. The maximum atomic E-state index is 12.9. The van der Waals surface area contributed by atoms with E-state index in [9.17, 15) is 9.59 Å². The van der Waals surface area contributed by atoms with Gasteiger partial charge < -0.3 is 19.6 Å². The summed E-state index contributed by atoms with van der Waals surface area (Å²) in [6.07, 6.45) is -0.979. The van der Waals surface area contributed by atoms with Gasteiger partial charge in [-0.1, -0.05) is 48.5 Å². The highest BCUT2D eigenvalue weighted by atomic mass is 16.5. The van der Waals surface area contributed by atoms with Crippen LogP contribution in [0.25, 0.3) is 44.2 Å². The Morgan fingerprint density at radius 1 is 0.921 bits per heavy atom. The lowest BCUT2D eigenvalue weighted by Crippen LogP contribution is -2.30. The number of amides is 1. The number of carbonyl (C=O) groups excluding carboxylic acids is 2. The lowest BCUT2D eigenvalue weighted by atomic mass is 10.1. The van der Waals surface area contributed by atoms with E-state index in [0.717, 1.165) is 50.8 Å². The number of H-pyrrole nitrogens is 1. The van der Waals surface area contributed by atoms with Gasteiger partial charge >= 0.3 is 5.97 Å². The molecule has 4 aromatic carbocycles. The number of nitrogens with one attached hydrogen (secondary N) is 2. The highest BCUT2D eigenvalue weighted by Crippen LogP contribution is 2.31. The third kappa shape index (κ3) is 4.18. The monoisotopic (exact) mass is 502 g/mol. The Labute approximate surface area is 219 Å². The van der Waals surface area contributed by atoms with E-state index in [-0.39, 0.29) is 0 Å². The fourth-order valence-corrected chi connectivity index (χ4v) is 4.87. The molecule has 0 saturated heterocycles. The van der Waals surface area contributed by atoms with Crippen LogP contribution < -0.4 is 5.32 Å². The van der Waals surface area contributed by atoms with E-state index in [1.807, 2.05) is 60.7 Å².